The van der Waals surface area contributed by atoms with Crippen LogP contribution in [0.4, 0.5) is 0 Å². The highest BCUT2D eigenvalue weighted by Crippen LogP contribution is 2.30. The molecule has 21 heavy (non-hydrogen) atoms. The maximum Gasteiger partial charge on any atom is 0.0472 e. The summed E-state index contributed by atoms with van der Waals surface area (Å²) in [6, 6.07) is 6.55. The second-order valence-corrected chi connectivity index (χ2v) is 6.49. The average molecular weight is 330 g/mol. The minimum Gasteiger partial charge on any atom is -0.329 e. The number of likely N-dealkylation sites (N-methyl/N-ethyl adjacent to an activating group) is 1. The first-order valence-corrected chi connectivity index (χ1v) is 8.48. The van der Waals surface area contributed by atoms with E-state index in [1.165, 1.54) is 6.42 Å². The summed E-state index contributed by atoms with van der Waals surface area (Å²) in [5, 5.41) is 1.35. The first-order valence-electron chi connectivity index (χ1n) is 7.73. The highest BCUT2D eigenvalue weighted by molar-refractivity contribution is 6.34. The monoisotopic (exact) mass is 329 g/mol. The first kappa shape index (κ1) is 17.0. The largest absolute Gasteiger partial charge is 0.329 e. The van der Waals surface area contributed by atoms with Gasteiger partial charge in [-0.3, -0.25) is 9.80 Å². The van der Waals surface area contributed by atoms with E-state index >= 15 is 0 Å². The van der Waals surface area contributed by atoms with E-state index in [0.717, 1.165) is 31.7 Å². The third kappa shape index (κ3) is 4.11. The second-order valence-electron chi connectivity index (χ2n) is 5.61. The Balaban J connectivity index is 2.12. The van der Waals surface area contributed by atoms with Crippen LogP contribution >= 0.6 is 23.2 Å². The van der Waals surface area contributed by atoms with Gasteiger partial charge in [-0.15, -0.1) is 0 Å². The number of hydrogen-bond acceptors (Lipinski definition) is 3. The number of likely N-dealkylation sites (tertiary alicyclic amines) is 1. The zero-order valence-corrected chi connectivity index (χ0v) is 14.4. The highest BCUT2D eigenvalue weighted by atomic mass is 35.5. The quantitative estimate of drug-likeness (QED) is 0.868. The first-order chi connectivity index (χ1) is 10.1. The number of rotatable bonds is 6. The van der Waals surface area contributed by atoms with Gasteiger partial charge < -0.3 is 5.73 Å². The number of nitrogens with two attached hydrogens (primary N) is 1. The average Bonchev–Trinajstić information content (AvgIpc) is 2.89. The lowest BCUT2D eigenvalue weighted by molar-refractivity contribution is 0.190. The van der Waals surface area contributed by atoms with E-state index in [2.05, 4.69) is 23.6 Å². The fourth-order valence-electron chi connectivity index (χ4n) is 3.35. The van der Waals surface area contributed by atoms with Gasteiger partial charge in [0.15, 0.2) is 0 Å². The molecule has 3 nitrogen and oxygen atoms in total. The van der Waals surface area contributed by atoms with Gasteiger partial charge in [-0.05, 0) is 43.3 Å². The summed E-state index contributed by atoms with van der Waals surface area (Å²) in [5.74, 6) is 0. The summed E-state index contributed by atoms with van der Waals surface area (Å²) in [4.78, 5) is 4.99. The molecular formula is C16H25Cl2N3. The number of nitrogens with zero attached hydrogens (tertiary/aromatic N) is 2. The SMILES string of the molecule is CCN(CC)C1CCN(C(CN)c2cc(Cl)cc(Cl)c2)C1. The van der Waals surface area contributed by atoms with E-state index in [1.54, 1.807) is 6.07 Å². The van der Waals surface area contributed by atoms with Gasteiger partial charge in [0, 0.05) is 41.8 Å². The Hall–Kier alpha value is -0.320. The molecule has 1 aromatic carbocycles. The van der Waals surface area contributed by atoms with Crippen molar-refractivity contribution in [2.24, 2.45) is 5.73 Å². The van der Waals surface area contributed by atoms with Crippen LogP contribution in [0.15, 0.2) is 18.2 Å². The molecule has 1 saturated heterocycles. The zero-order chi connectivity index (χ0) is 15.4. The van der Waals surface area contributed by atoms with Gasteiger partial charge in [0.05, 0.1) is 0 Å². The van der Waals surface area contributed by atoms with Crippen molar-refractivity contribution in [2.45, 2.75) is 32.4 Å². The Morgan fingerprint density at radius 2 is 1.86 bits per heavy atom. The molecule has 5 heteroatoms. The van der Waals surface area contributed by atoms with Crippen molar-refractivity contribution in [2.75, 3.05) is 32.7 Å². The van der Waals surface area contributed by atoms with Gasteiger partial charge in [-0.1, -0.05) is 37.0 Å². The van der Waals surface area contributed by atoms with Gasteiger partial charge in [0.1, 0.15) is 0 Å². The molecule has 0 bridgehead atoms. The zero-order valence-electron chi connectivity index (χ0n) is 12.9. The second kappa shape index (κ2) is 7.80. The molecule has 2 rings (SSSR count). The van der Waals surface area contributed by atoms with E-state index in [1.807, 2.05) is 12.1 Å². The maximum atomic E-state index is 6.13. The molecule has 0 aliphatic carbocycles. The summed E-state index contributed by atoms with van der Waals surface area (Å²) >= 11 is 12.3. The van der Waals surface area contributed by atoms with Gasteiger partial charge in [0.2, 0.25) is 0 Å². The topological polar surface area (TPSA) is 32.5 Å². The van der Waals surface area contributed by atoms with Crippen LogP contribution in [0.1, 0.15) is 31.9 Å². The van der Waals surface area contributed by atoms with Crippen LogP contribution in [0.2, 0.25) is 10.0 Å². The van der Waals surface area contributed by atoms with Gasteiger partial charge >= 0.3 is 0 Å². The molecule has 1 aromatic rings. The van der Waals surface area contributed by atoms with Crippen LogP contribution in [-0.2, 0) is 0 Å². The Labute approximate surface area is 138 Å². The molecule has 1 fully saturated rings. The van der Waals surface area contributed by atoms with Gasteiger partial charge in [-0.25, -0.2) is 0 Å². The third-order valence-corrected chi connectivity index (χ3v) is 4.89. The van der Waals surface area contributed by atoms with Crippen molar-refractivity contribution in [1.29, 1.82) is 0 Å². The number of benzene rings is 1. The highest BCUT2D eigenvalue weighted by Gasteiger charge is 2.31. The van der Waals surface area contributed by atoms with Crippen molar-refractivity contribution >= 4 is 23.2 Å². The van der Waals surface area contributed by atoms with Crippen LogP contribution < -0.4 is 5.73 Å². The summed E-state index contributed by atoms with van der Waals surface area (Å²) in [6.07, 6.45) is 1.20. The van der Waals surface area contributed by atoms with Crippen LogP contribution in [0.25, 0.3) is 0 Å². The summed E-state index contributed by atoms with van der Waals surface area (Å²) < 4.78 is 0. The van der Waals surface area contributed by atoms with Crippen LogP contribution in [0.3, 0.4) is 0 Å². The molecule has 0 amide bonds. The fraction of sp³-hybridized carbons (Fsp3) is 0.625. The van der Waals surface area contributed by atoms with E-state index in [0.29, 0.717) is 22.6 Å². The molecule has 0 radical (unpaired) electrons. The molecule has 0 aromatic heterocycles. The molecule has 0 saturated carbocycles. The summed E-state index contributed by atoms with van der Waals surface area (Å²) in [7, 11) is 0. The van der Waals surface area contributed by atoms with Crippen molar-refractivity contribution in [3.8, 4) is 0 Å². The van der Waals surface area contributed by atoms with E-state index in [4.69, 9.17) is 28.9 Å². The summed E-state index contributed by atoms with van der Waals surface area (Å²) in [5.41, 5.74) is 7.15. The lowest BCUT2D eigenvalue weighted by Crippen LogP contribution is -2.39. The van der Waals surface area contributed by atoms with Crippen LogP contribution in [0.5, 0.6) is 0 Å². The molecule has 2 unspecified atom stereocenters. The number of hydrogen-bond donors (Lipinski definition) is 1. The summed E-state index contributed by atoms with van der Waals surface area (Å²) in [6.45, 7) is 9.38. The Morgan fingerprint density at radius 3 is 2.38 bits per heavy atom. The van der Waals surface area contributed by atoms with E-state index in [9.17, 15) is 0 Å². The van der Waals surface area contributed by atoms with Crippen molar-refractivity contribution in [1.82, 2.24) is 9.80 Å². The molecule has 0 spiro atoms. The van der Waals surface area contributed by atoms with Crippen LogP contribution in [-0.4, -0.2) is 48.6 Å². The lowest BCUT2D eigenvalue weighted by atomic mass is 10.1. The smallest absolute Gasteiger partial charge is 0.0472 e. The van der Waals surface area contributed by atoms with E-state index < -0.39 is 0 Å². The molecule has 1 aliphatic rings. The molecular weight excluding hydrogens is 305 g/mol. The molecule has 1 heterocycles. The predicted molar refractivity (Wildman–Crippen MR) is 91.2 cm³/mol. The van der Waals surface area contributed by atoms with Gasteiger partial charge in [0.25, 0.3) is 0 Å². The maximum absolute atomic E-state index is 6.13. The normalized spacial score (nSPS) is 21.1. The molecule has 118 valence electrons. The van der Waals surface area contributed by atoms with Crippen molar-refractivity contribution in [3.63, 3.8) is 0 Å². The fourth-order valence-corrected chi connectivity index (χ4v) is 3.90. The van der Waals surface area contributed by atoms with Crippen molar-refractivity contribution in [3.05, 3.63) is 33.8 Å². The Morgan fingerprint density at radius 1 is 1.24 bits per heavy atom. The van der Waals surface area contributed by atoms with Crippen LogP contribution in [0, 0.1) is 0 Å². The molecule has 1 aliphatic heterocycles. The minimum atomic E-state index is 0.196. The molecule has 2 N–H and O–H groups in total. The van der Waals surface area contributed by atoms with Crippen molar-refractivity contribution < 1.29 is 0 Å². The molecule has 2 atom stereocenters. The minimum absolute atomic E-state index is 0.196. The predicted octanol–water partition coefficient (Wildman–Crippen LogP) is 3.41. The lowest BCUT2D eigenvalue weighted by Gasteiger charge is -2.30. The van der Waals surface area contributed by atoms with Gasteiger partial charge in [-0.2, -0.15) is 0 Å². The standard InChI is InChI=1S/C16H25Cl2N3/c1-3-20(4-2)15-5-6-21(11-15)16(10-19)12-7-13(17)9-14(18)8-12/h7-9,15-16H,3-6,10-11,19H2,1-2H3. The van der Waals surface area contributed by atoms with E-state index in [-0.39, 0.29) is 6.04 Å². The Kier molecular flexibility index (Phi) is 6.33. The Bertz CT molecular complexity index is 443. The number of halogens is 2. The third-order valence-electron chi connectivity index (χ3n) is 4.46.